The van der Waals surface area contributed by atoms with Gasteiger partial charge in [-0.3, -0.25) is 19.3 Å². The minimum Gasteiger partial charge on any atom is -0.492 e. The zero-order chi connectivity index (χ0) is 22.9. The summed E-state index contributed by atoms with van der Waals surface area (Å²) in [4.78, 5) is 39.8. The van der Waals surface area contributed by atoms with Gasteiger partial charge in [-0.1, -0.05) is 11.2 Å². The second-order valence-electron chi connectivity index (χ2n) is 8.86. The normalized spacial score (nSPS) is 20.0. The average Bonchev–Trinajstić information content (AvgIpc) is 3.23. The minimum absolute atomic E-state index is 0.00330. The van der Waals surface area contributed by atoms with Crippen molar-refractivity contribution in [2.24, 2.45) is 0 Å². The van der Waals surface area contributed by atoms with Gasteiger partial charge in [-0.15, -0.1) is 0 Å². The lowest BCUT2D eigenvalue weighted by atomic mass is 9.83. The molecule has 2 fully saturated rings. The lowest BCUT2D eigenvalue weighted by molar-refractivity contribution is -0.131. The standard InChI is InChI=1S/C25H27N3O5/c1-16(29)28-10-8-27(9-11-28)12-13-32-19-4-6-20-17(14-19)2-7-23-24(20)25(26-33-23)21-5-3-18(30)15-22(21)31/h2,4,6-7,14,21H,3,5,8-13,15H2,1H3/t21-/m1/s1. The van der Waals surface area contributed by atoms with E-state index >= 15 is 0 Å². The van der Waals surface area contributed by atoms with Crippen LogP contribution in [0.5, 0.6) is 5.75 Å². The quantitative estimate of drug-likeness (QED) is 0.553. The average molecular weight is 450 g/mol. The third-order valence-electron chi connectivity index (χ3n) is 6.75. The Morgan fingerprint density at radius 1 is 1.15 bits per heavy atom. The van der Waals surface area contributed by atoms with Gasteiger partial charge in [0.2, 0.25) is 5.91 Å². The molecule has 1 aliphatic heterocycles. The van der Waals surface area contributed by atoms with Crippen LogP contribution < -0.4 is 4.74 Å². The van der Waals surface area contributed by atoms with Gasteiger partial charge >= 0.3 is 0 Å². The molecule has 172 valence electrons. The fraction of sp³-hybridized carbons (Fsp3) is 0.440. The lowest BCUT2D eigenvalue weighted by Gasteiger charge is -2.34. The lowest BCUT2D eigenvalue weighted by Crippen LogP contribution is -2.48. The number of benzene rings is 2. The highest BCUT2D eigenvalue weighted by molar-refractivity contribution is 6.11. The summed E-state index contributed by atoms with van der Waals surface area (Å²) in [6.45, 7) is 6.24. The number of fused-ring (bicyclic) bond motifs is 3. The number of aromatic nitrogens is 1. The van der Waals surface area contributed by atoms with Crippen LogP contribution in [0.4, 0.5) is 0 Å². The van der Waals surface area contributed by atoms with Gasteiger partial charge in [-0.25, -0.2) is 0 Å². The van der Waals surface area contributed by atoms with E-state index < -0.39 is 5.92 Å². The first-order chi connectivity index (χ1) is 16.0. The Balaban J connectivity index is 1.30. The molecule has 3 aromatic rings. The molecule has 1 saturated carbocycles. The number of carbonyl (C=O) groups is 3. The second kappa shape index (κ2) is 8.94. The number of hydrogen-bond donors (Lipinski definition) is 0. The highest BCUT2D eigenvalue weighted by Crippen LogP contribution is 2.37. The van der Waals surface area contributed by atoms with Gasteiger partial charge in [0.15, 0.2) is 5.58 Å². The van der Waals surface area contributed by atoms with E-state index in [-0.39, 0.29) is 23.9 Å². The van der Waals surface area contributed by atoms with Crippen molar-refractivity contribution < 1.29 is 23.6 Å². The molecule has 1 saturated heterocycles. The Kier molecular flexibility index (Phi) is 5.85. The van der Waals surface area contributed by atoms with E-state index in [1.807, 2.05) is 35.2 Å². The first-order valence-corrected chi connectivity index (χ1v) is 11.5. The number of carbonyl (C=O) groups excluding carboxylic acids is 3. The van der Waals surface area contributed by atoms with Crippen molar-refractivity contribution in [3.05, 3.63) is 36.0 Å². The van der Waals surface area contributed by atoms with Crippen LogP contribution >= 0.6 is 0 Å². The van der Waals surface area contributed by atoms with Crippen LogP contribution in [0, 0.1) is 0 Å². The number of ketones is 2. The smallest absolute Gasteiger partial charge is 0.219 e. The molecule has 1 atom stereocenters. The predicted molar refractivity (Wildman–Crippen MR) is 122 cm³/mol. The van der Waals surface area contributed by atoms with Crippen molar-refractivity contribution in [1.29, 1.82) is 0 Å². The van der Waals surface area contributed by atoms with Gasteiger partial charge < -0.3 is 14.2 Å². The van der Waals surface area contributed by atoms with Crippen LogP contribution in [0.1, 0.15) is 37.8 Å². The van der Waals surface area contributed by atoms with Crippen LogP contribution in [-0.2, 0) is 14.4 Å². The molecule has 1 aliphatic carbocycles. The van der Waals surface area contributed by atoms with Crippen LogP contribution in [-0.4, -0.2) is 71.8 Å². The third-order valence-corrected chi connectivity index (χ3v) is 6.75. The summed E-state index contributed by atoms with van der Waals surface area (Å²) in [6.07, 6.45) is 0.862. The molecule has 8 nitrogen and oxygen atoms in total. The van der Waals surface area contributed by atoms with Gasteiger partial charge in [0.25, 0.3) is 0 Å². The fourth-order valence-electron chi connectivity index (χ4n) is 4.84. The van der Waals surface area contributed by atoms with E-state index in [4.69, 9.17) is 9.26 Å². The summed E-state index contributed by atoms with van der Waals surface area (Å²) in [7, 11) is 0. The van der Waals surface area contributed by atoms with Crippen LogP contribution in [0.15, 0.2) is 34.9 Å². The van der Waals surface area contributed by atoms with Crippen molar-refractivity contribution in [3.8, 4) is 5.75 Å². The molecule has 1 amide bonds. The van der Waals surface area contributed by atoms with Gasteiger partial charge in [0.1, 0.15) is 29.6 Å². The highest BCUT2D eigenvalue weighted by Gasteiger charge is 2.32. The van der Waals surface area contributed by atoms with E-state index in [1.165, 1.54) is 0 Å². The number of piperazine rings is 1. The molecule has 0 spiro atoms. The molecule has 8 heteroatoms. The molecule has 2 aromatic carbocycles. The summed E-state index contributed by atoms with van der Waals surface area (Å²) < 4.78 is 11.5. The topological polar surface area (TPSA) is 92.9 Å². The molecule has 0 N–H and O–H groups in total. The van der Waals surface area contributed by atoms with E-state index in [9.17, 15) is 14.4 Å². The number of ether oxygens (including phenoxy) is 1. The maximum absolute atomic E-state index is 12.5. The maximum atomic E-state index is 12.5. The molecule has 33 heavy (non-hydrogen) atoms. The molecule has 0 bridgehead atoms. The van der Waals surface area contributed by atoms with E-state index in [0.717, 1.165) is 54.6 Å². The number of hydrogen-bond acceptors (Lipinski definition) is 7. The van der Waals surface area contributed by atoms with Crippen molar-refractivity contribution in [2.75, 3.05) is 39.3 Å². The number of nitrogens with zero attached hydrogens (tertiary/aromatic N) is 3. The van der Waals surface area contributed by atoms with Crippen LogP contribution in [0.3, 0.4) is 0 Å². The Bertz CT molecular complexity index is 1230. The van der Waals surface area contributed by atoms with Gasteiger partial charge in [-0.05, 0) is 41.5 Å². The monoisotopic (exact) mass is 449 g/mol. The summed E-state index contributed by atoms with van der Waals surface area (Å²) in [5, 5.41) is 7.00. The summed E-state index contributed by atoms with van der Waals surface area (Å²) >= 11 is 0. The van der Waals surface area contributed by atoms with Crippen molar-refractivity contribution in [2.45, 2.75) is 32.1 Å². The van der Waals surface area contributed by atoms with Gasteiger partial charge in [0.05, 0.1) is 17.7 Å². The fourth-order valence-corrected chi connectivity index (χ4v) is 4.84. The second-order valence-corrected chi connectivity index (χ2v) is 8.86. The Labute approximate surface area is 191 Å². The third kappa shape index (κ3) is 4.35. The van der Waals surface area contributed by atoms with E-state index in [1.54, 1.807) is 6.92 Å². The largest absolute Gasteiger partial charge is 0.492 e. The van der Waals surface area contributed by atoms with E-state index in [0.29, 0.717) is 30.7 Å². The number of rotatable bonds is 5. The summed E-state index contributed by atoms with van der Waals surface area (Å²) in [6, 6.07) is 9.74. The molecule has 2 aliphatic rings. The molecular weight excluding hydrogens is 422 g/mol. The first kappa shape index (κ1) is 21.6. The zero-order valence-corrected chi connectivity index (χ0v) is 18.7. The molecule has 1 aromatic heterocycles. The van der Waals surface area contributed by atoms with E-state index in [2.05, 4.69) is 10.1 Å². The highest BCUT2D eigenvalue weighted by atomic mass is 16.5. The SMILES string of the molecule is CC(=O)N1CCN(CCOc2ccc3c(ccc4onc([C@@H]5CCC(=O)CC5=O)c43)c2)CC1. The molecular formula is C25H27N3O5. The number of Topliss-reactive ketones (excluding diaryl/α,β-unsaturated/α-hetero) is 2. The minimum atomic E-state index is -0.394. The predicted octanol–water partition coefficient (Wildman–Crippen LogP) is 2.93. The van der Waals surface area contributed by atoms with Crippen LogP contribution in [0.25, 0.3) is 21.7 Å². The Hall–Kier alpha value is -3.26. The Morgan fingerprint density at radius 2 is 1.97 bits per heavy atom. The maximum Gasteiger partial charge on any atom is 0.219 e. The summed E-state index contributed by atoms with van der Waals surface area (Å²) in [5.41, 5.74) is 1.27. The Morgan fingerprint density at radius 3 is 2.73 bits per heavy atom. The van der Waals surface area contributed by atoms with Crippen molar-refractivity contribution in [1.82, 2.24) is 15.0 Å². The van der Waals surface area contributed by atoms with Crippen molar-refractivity contribution >= 4 is 39.2 Å². The first-order valence-electron chi connectivity index (χ1n) is 11.5. The number of amides is 1. The summed E-state index contributed by atoms with van der Waals surface area (Å²) in [5.74, 6) is 0.433. The molecule has 0 unspecified atom stereocenters. The molecule has 2 heterocycles. The van der Waals surface area contributed by atoms with Crippen molar-refractivity contribution in [3.63, 3.8) is 0 Å². The van der Waals surface area contributed by atoms with Gasteiger partial charge in [0, 0.05) is 46.1 Å². The molecule has 5 rings (SSSR count). The zero-order valence-electron chi connectivity index (χ0n) is 18.7. The molecule has 0 radical (unpaired) electrons. The van der Waals surface area contributed by atoms with Gasteiger partial charge in [-0.2, -0.15) is 0 Å². The van der Waals surface area contributed by atoms with Crippen LogP contribution in [0.2, 0.25) is 0 Å².